The lowest BCUT2D eigenvalue weighted by Gasteiger charge is -2.11. The second-order valence-corrected chi connectivity index (χ2v) is 4.52. The molecule has 0 saturated heterocycles. The molecule has 0 aliphatic carbocycles. The Bertz CT molecular complexity index is 650. The van der Waals surface area contributed by atoms with Crippen molar-refractivity contribution in [3.63, 3.8) is 0 Å². The third-order valence-electron chi connectivity index (χ3n) is 2.91. The molecule has 112 valence electrons. The van der Waals surface area contributed by atoms with E-state index in [0.717, 1.165) is 6.07 Å². The molecular weight excluding hydrogens is 285 g/mol. The number of furan rings is 1. The molecule has 0 fully saturated rings. The molecule has 0 radical (unpaired) electrons. The SMILES string of the molecule is NC(=O)CC(N)c1ccc(-c2ccccc2C(F)(F)F)o1. The van der Waals surface area contributed by atoms with Crippen LogP contribution in [0.25, 0.3) is 11.3 Å². The average molecular weight is 298 g/mol. The highest BCUT2D eigenvalue weighted by Crippen LogP contribution is 2.37. The fraction of sp³-hybridized carbons (Fsp3) is 0.214. The van der Waals surface area contributed by atoms with Crippen molar-refractivity contribution in [3.05, 3.63) is 47.7 Å². The molecule has 1 amide bonds. The lowest BCUT2D eigenvalue weighted by atomic mass is 10.1. The highest BCUT2D eigenvalue weighted by Gasteiger charge is 2.34. The van der Waals surface area contributed by atoms with E-state index in [1.54, 1.807) is 0 Å². The first-order valence-electron chi connectivity index (χ1n) is 6.09. The molecule has 0 spiro atoms. The van der Waals surface area contributed by atoms with Gasteiger partial charge in [-0.25, -0.2) is 0 Å². The summed E-state index contributed by atoms with van der Waals surface area (Å²) in [6.07, 6.45) is -4.63. The minimum Gasteiger partial charge on any atom is -0.459 e. The van der Waals surface area contributed by atoms with Crippen molar-refractivity contribution in [2.45, 2.75) is 18.6 Å². The van der Waals surface area contributed by atoms with E-state index in [1.165, 1.54) is 30.3 Å². The van der Waals surface area contributed by atoms with Crippen molar-refractivity contribution >= 4 is 5.91 Å². The zero-order valence-corrected chi connectivity index (χ0v) is 10.9. The third-order valence-corrected chi connectivity index (χ3v) is 2.91. The zero-order valence-electron chi connectivity index (χ0n) is 10.9. The van der Waals surface area contributed by atoms with Crippen molar-refractivity contribution in [1.29, 1.82) is 0 Å². The molecule has 0 aliphatic rings. The van der Waals surface area contributed by atoms with Crippen molar-refractivity contribution in [3.8, 4) is 11.3 Å². The maximum atomic E-state index is 12.9. The summed E-state index contributed by atoms with van der Waals surface area (Å²) in [5.74, 6) is -0.366. The van der Waals surface area contributed by atoms with Gasteiger partial charge < -0.3 is 15.9 Å². The van der Waals surface area contributed by atoms with Crippen molar-refractivity contribution in [2.24, 2.45) is 11.5 Å². The molecule has 4 nitrogen and oxygen atoms in total. The molecule has 0 bridgehead atoms. The fourth-order valence-corrected chi connectivity index (χ4v) is 1.96. The Morgan fingerprint density at radius 1 is 1.19 bits per heavy atom. The maximum Gasteiger partial charge on any atom is 0.417 e. The average Bonchev–Trinajstić information content (AvgIpc) is 2.86. The monoisotopic (exact) mass is 298 g/mol. The highest BCUT2D eigenvalue weighted by atomic mass is 19.4. The molecular formula is C14H13F3N2O2. The van der Waals surface area contributed by atoms with E-state index in [4.69, 9.17) is 15.9 Å². The second kappa shape index (κ2) is 5.61. The summed E-state index contributed by atoms with van der Waals surface area (Å²) in [4.78, 5) is 10.8. The van der Waals surface area contributed by atoms with E-state index in [9.17, 15) is 18.0 Å². The number of benzene rings is 1. The van der Waals surface area contributed by atoms with Crippen LogP contribution in [0.2, 0.25) is 0 Å². The molecule has 1 atom stereocenters. The number of hydrogen-bond acceptors (Lipinski definition) is 3. The van der Waals surface area contributed by atoms with Crippen LogP contribution in [0.1, 0.15) is 23.8 Å². The summed E-state index contributed by atoms with van der Waals surface area (Å²) in [7, 11) is 0. The molecule has 1 aromatic heterocycles. The van der Waals surface area contributed by atoms with Crippen LogP contribution in [0.5, 0.6) is 0 Å². The smallest absolute Gasteiger partial charge is 0.417 e. The molecule has 1 unspecified atom stereocenters. The summed E-state index contributed by atoms with van der Waals surface area (Å²) >= 11 is 0. The van der Waals surface area contributed by atoms with Crippen LogP contribution in [0.4, 0.5) is 13.2 Å². The topological polar surface area (TPSA) is 82.2 Å². The molecule has 7 heteroatoms. The summed E-state index contributed by atoms with van der Waals surface area (Å²) in [5, 5.41) is 0. The summed E-state index contributed by atoms with van der Waals surface area (Å²) in [6.45, 7) is 0. The standard InChI is InChI=1S/C14H13F3N2O2/c15-14(16,17)9-4-2-1-3-8(9)11-5-6-12(21-11)10(18)7-13(19)20/h1-6,10H,7,18H2,(H2,19,20). The second-order valence-electron chi connectivity index (χ2n) is 4.52. The van der Waals surface area contributed by atoms with Gasteiger partial charge in [0, 0.05) is 12.0 Å². The van der Waals surface area contributed by atoms with Crippen molar-refractivity contribution in [1.82, 2.24) is 0 Å². The van der Waals surface area contributed by atoms with Gasteiger partial charge in [0.2, 0.25) is 5.91 Å². The van der Waals surface area contributed by atoms with E-state index in [2.05, 4.69) is 0 Å². The van der Waals surface area contributed by atoms with Crippen molar-refractivity contribution in [2.75, 3.05) is 0 Å². The molecule has 2 aromatic rings. The third kappa shape index (κ3) is 3.43. The van der Waals surface area contributed by atoms with Gasteiger partial charge in [0.15, 0.2) is 0 Å². The van der Waals surface area contributed by atoms with Gasteiger partial charge in [-0.1, -0.05) is 18.2 Å². The Labute approximate surface area is 118 Å². The number of halogens is 3. The molecule has 0 saturated carbocycles. The number of amides is 1. The Kier molecular flexibility index (Phi) is 4.04. The van der Waals surface area contributed by atoms with Gasteiger partial charge in [-0.2, -0.15) is 13.2 Å². The molecule has 2 rings (SSSR count). The Balaban J connectivity index is 2.37. The van der Waals surface area contributed by atoms with E-state index < -0.39 is 23.7 Å². The largest absolute Gasteiger partial charge is 0.459 e. The molecule has 1 aromatic carbocycles. The zero-order chi connectivity index (χ0) is 15.6. The van der Waals surface area contributed by atoms with Gasteiger partial charge in [0.05, 0.1) is 11.6 Å². The number of hydrogen-bond donors (Lipinski definition) is 2. The molecule has 4 N–H and O–H groups in total. The first-order chi connectivity index (χ1) is 9.79. The van der Waals surface area contributed by atoms with Gasteiger partial charge in [-0.3, -0.25) is 4.79 Å². The van der Waals surface area contributed by atoms with Gasteiger partial charge in [-0.15, -0.1) is 0 Å². The summed E-state index contributed by atoms with van der Waals surface area (Å²) in [5.41, 5.74) is 9.84. The lowest BCUT2D eigenvalue weighted by molar-refractivity contribution is -0.137. The summed E-state index contributed by atoms with van der Waals surface area (Å²) in [6, 6.07) is 7.11. The minimum atomic E-state index is -4.49. The summed E-state index contributed by atoms with van der Waals surface area (Å²) < 4.78 is 44.2. The van der Waals surface area contributed by atoms with E-state index in [0.29, 0.717) is 0 Å². The van der Waals surface area contributed by atoms with Crippen LogP contribution in [0, 0.1) is 0 Å². The Morgan fingerprint density at radius 2 is 1.86 bits per heavy atom. The predicted octanol–water partition coefficient (Wildman–Crippen LogP) is 2.84. The normalized spacial score (nSPS) is 13.1. The number of primary amides is 1. The molecule has 1 heterocycles. The maximum absolute atomic E-state index is 12.9. The van der Waals surface area contributed by atoms with Gasteiger partial charge in [0.1, 0.15) is 11.5 Å². The first kappa shape index (κ1) is 15.1. The van der Waals surface area contributed by atoms with Gasteiger partial charge in [-0.05, 0) is 18.2 Å². The van der Waals surface area contributed by atoms with Crippen LogP contribution >= 0.6 is 0 Å². The first-order valence-corrected chi connectivity index (χ1v) is 6.09. The van der Waals surface area contributed by atoms with Crippen LogP contribution in [-0.2, 0) is 11.0 Å². The Hall–Kier alpha value is -2.28. The lowest BCUT2D eigenvalue weighted by Crippen LogP contribution is -2.20. The predicted molar refractivity (Wildman–Crippen MR) is 69.9 cm³/mol. The number of nitrogens with two attached hydrogens (primary N) is 2. The van der Waals surface area contributed by atoms with Crippen molar-refractivity contribution < 1.29 is 22.4 Å². The molecule has 0 aliphatic heterocycles. The Morgan fingerprint density at radius 3 is 2.48 bits per heavy atom. The number of alkyl halides is 3. The van der Waals surface area contributed by atoms with E-state index in [-0.39, 0.29) is 23.5 Å². The van der Waals surface area contributed by atoms with Gasteiger partial charge >= 0.3 is 6.18 Å². The quantitative estimate of drug-likeness (QED) is 0.910. The number of rotatable bonds is 4. The number of carbonyl (C=O) groups excluding carboxylic acids is 1. The minimum absolute atomic E-state index is 0.0397. The van der Waals surface area contributed by atoms with Crippen LogP contribution in [0.3, 0.4) is 0 Å². The van der Waals surface area contributed by atoms with Crippen LogP contribution in [0.15, 0.2) is 40.8 Å². The van der Waals surface area contributed by atoms with Crippen LogP contribution in [-0.4, -0.2) is 5.91 Å². The van der Waals surface area contributed by atoms with Gasteiger partial charge in [0.25, 0.3) is 0 Å². The van der Waals surface area contributed by atoms with E-state index >= 15 is 0 Å². The van der Waals surface area contributed by atoms with E-state index in [1.807, 2.05) is 0 Å². The molecule has 21 heavy (non-hydrogen) atoms. The fourth-order valence-electron chi connectivity index (χ4n) is 1.96. The number of carbonyl (C=O) groups is 1. The van der Waals surface area contributed by atoms with Crippen LogP contribution < -0.4 is 11.5 Å². The highest BCUT2D eigenvalue weighted by molar-refractivity contribution is 5.74.